The lowest BCUT2D eigenvalue weighted by Gasteiger charge is -2.39. The summed E-state index contributed by atoms with van der Waals surface area (Å²) >= 11 is 0. The van der Waals surface area contributed by atoms with Gasteiger partial charge in [0.25, 0.3) is 0 Å². The van der Waals surface area contributed by atoms with E-state index in [1.165, 1.54) is 24.9 Å². The van der Waals surface area contributed by atoms with Crippen LogP contribution >= 0.6 is 0 Å². The number of aromatic nitrogens is 2. The Morgan fingerprint density at radius 2 is 2.29 bits per heavy atom. The Morgan fingerprint density at radius 3 is 2.88 bits per heavy atom. The van der Waals surface area contributed by atoms with Gasteiger partial charge in [0.05, 0.1) is 5.69 Å². The third kappa shape index (κ3) is 2.69. The van der Waals surface area contributed by atoms with Gasteiger partial charge in [-0.1, -0.05) is 6.92 Å². The van der Waals surface area contributed by atoms with E-state index >= 15 is 0 Å². The molecule has 4 heteroatoms. The number of hydrogen-bond donors (Lipinski definition) is 1. The fraction of sp³-hybridized carbons (Fsp3) is 0.769. The molecule has 0 saturated carbocycles. The average Bonchev–Trinajstić information content (AvgIpc) is 2.58. The van der Waals surface area contributed by atoms with Crippen molar-refractivity contribution in [3.05, 3.63) is 17.5 Å². The summed E-state index contributed by atoms with van der Waals surface area (Å²) in [4.78, 5) is 2.53. The molecule has 1 aliphatic rings. The van der Waals surface area contributed by atoms with Crippen LogP contribution in [0, 0.1) is 12.8 Å². The van der Waals surface area contributed by atoms with Gasteiger partial charge in [0.1, 0.15) is 0 Å². The van der Waals surface area contributed by atoms with Crippen molar-refractivity contribution in [2.45, 2.75) is 39.3 Å². The highest BCUT2D eigenvalue weighted by Crippen LogP contribution is 2.24. The molecule has 4 nitrogen and oxygen atoms in total. The van der Waals surface area contributed by atoms with Gasteiger partial charge >= 0.3 is 0 Å². The number of hydrogen-bond acceptors (Lipinski definition) is 3. The van der Waals surface area contributed by atoms with Gasteiger partial charge in [0, 0.05) is 37.9 Å². The molecule has 0 bridgehead atoms. The minimum Gasteiger partial charge on any atom is -0.329 e. The molecule has 17 heavy (non-hydrogen) atoms. The quantitative estimate of drug-likeness (QED) is 0.860. The molecule has 1 fully saturated rings. The van der Waals surface area contributed by atoms with Crippen LogP contribution < -0.4 is 5.73 Å². The Bertz CT molecular complexity index is 371. The summed E-state index contributed by atoms with van der Waals surface area (Å²) in [6, 6.07) is 0.531. The first-order valence-corrected chi connectivity index (χ1v) is 6.55. The highest BCUT2D eigenvalue weighted by atomic mass is 15.3. The number of aryl methyl sites for hydroxylation is 2. The molecule has 0 aliphatic carbocycles. The maximum Gasteiger partial charge on any atom is 0.0638 e. The third-order valence-electron chi connectivity index (χ3n) is 3.96. The van der Waals surface area contributed by atoms with Gasteiger partial charge in [-0.05, 0) is 32.2 Å². The van der Waals surface area contributed by atoms with Gasteiger partial charge in [0.2, 0.25) is 0 Å². The second-order valence-electron chi connectivity index (χ2n) is 5.31. The molecule has 2 rings (SSSR count). The fourth-order valence-corrected chi connectivity index (χ4v) is 2.93. The number of nitrogens with two attached hydrogens (primary N) is 1. The highest BCUT2D eigenvalue weighted by Gasteiger charge is 2.27. The van der Waals surface area contributed by atoms with Crippen molar-refractivity contribution < 1.29 is 0 Å². The molecule has 1 aromatic heterocycles. The van der Waals surface area contributed by atoms with E-state index in [1.54, 1.807) is 0 Å². The molecular weight excluding hydrogens is 212 g/mol. The summed E-state index contributed by atoms with van der Waals surface area (Å²) in [5.74, 6) is 0.714. The Kier molecular flexibility index (Phi) is 3.84. The smallest absolute Gasteiger partial charge is 0.0638 e. The summed E-state index contributed by atoms with van der Waals surface area (Å²) in [5.41, 5.74) is 8.39. The van der Waals surface area contributed by atoms with E-state index < -0.39 is 0 Å². The van der Waals surface area contributed by atoms with Crippen molar-refractivity contribution in [2.24, 2.45) is 18.7 Å². The number of likely N-dealkylation sites (tertiary alicyclic amines) is 1. The van der Waals surface area contributed by atoms with E-state index in [9.17, 15) is 0 Å². The van der Waals surface area contributed by atoms with Gasteiger partial charge < -0.3 is 5.73 Å². The van der Waals surface area contributed by atoms with Crippen LogP contribution in [0.15, 0.2) is 6.20 Å². The zero-order valence-electron chi connectivity index (χ0n) is 11.2. The van der Waals surface area contributed by atoms with E-state index in [-0.39, 0.29) is 0 Å². The summed E-state index contributed by atoms with van der Waals surface area (Å²) < 4.78 is 1.90. The summed E-state index contributed by atoms with van der Waals surface area (Å²) in [5, 5.41) is 4.41. The van der Waals surface area contributed by atoms with E-state index in [1.807, 2.05) is 11.7 Å². The number of nitrogens with zero attached hydrogens (tertiary/aromatic N) is 3. The van der Waals surface area contributed by atoms with Crippen LogP contribution in [0.4, 0.5) is 0 Å². The lowest BCUT2D eigenvalue weighted by atomic mass is 9.90. The first kappa shape index (κ1) is 12.6. The summed E-state index contributed by atoms with van der Waals surface area (Å²) in [7, 11) is 1.98. The Morgan fingerprint density at radius 1 is 1.53 bits per heavy atom. The molecule has 2 N–H and O–H groups in total. The first-order chi connectivity index (χ1) is 8.11. The van der Waals surface area contributed by atoms with E-state index in [0.717, 1.165) is 18.8 Å². The van der Waals surface area contributed by atoms with Gasteiger partial charge in [-0.15, -0.1) is 0 Å². The van der Waals surface area contributed by atoms with Crippen molar-refractivity contribution in [1.82, 2.24) is 14.7 Å². The molecule has 2 atom stereocenters. The fourth-order valence-electron chi connectivity index (χ4n) is 2.93. The van der Waals surface area contributed by atoms with Crippen LogP contribution in [0.3, 0.4) is 0 Å². The maximum absolute atomic E-state index is 5.92. The van der Waals surface area contributed by atoms with Crippen molar-refractivity contribution in [2.75, 3.05) is 13.1 Å². The standard InChI is InChI=1S/C13H24N4/c1-10-5-4-6-17(13(10)7-14)9-12-8-16(3)15-11(12)2/h8,10,13H,4-7,9,14H2,1-3H3. The van der Waals surface area contributed by atoms with Crippen molar-refractivity contribution >= 4 is 0 Å². The largest absolute Gasteiger partial charge is 0.329 e. The predicted octanol–water partition coefficient (Wildman–Crippen LogP) is 1.29. The maximum atomic E-state index is 5.92. The molecule has 2 unspecified atom stereocenters. The summed E-state index contributed by atoms with van der Waals surface area (Å²) in [6.45, 7) is 7.33. The molecule has 1 aliphatic heterocycles. The van der Waals surface area contributed by atoms with Crippen LogP contribution in [0.2, 0.25) is 0 Å². The minimum atomic E-state index is 0.531. The second kappa shape index (κ2) is 5.19. The zero-order chi connectivity index (χ0) is 12.4. The van der Waals surface area contributed by atoms with Gasteiger partial charge in [-0.3, -0.25) is 9.58 Å². The topological polar surface area (TPSA) is 47.1 Å². The third-order valence-corrected chi connectivity index (χ3v) is 3.96. The van der Waals surface area contributed by atoms with Crippen molar-refractivity contribution in [3.8, 4) is 0 Å². The van der Waals surface area contributed by atoms with E-state index in [0.29, 0.717) is 12.0 Å². The lowest BCUT2D eigenvalue weighted by molar-refractivity contribution is 0.0989. The molecule has 0 radical (unpaired) electrons. The monoisotopic (exact) mass is 236 g/mol. The summed E-state index contributed by atoms with van der Waals surface area (Å²) in [6.07, 6.45) is 4.73. The van der Waals surface area contributed by atoms with Gasteiger partial charge in [-0.25, -0.2) is 0 Å². The Labute approximate surface area is 104 Å². The van der Waals surface area contributed by atoms with Crippen molar-refractivity contribution in [3.63, 3.8) is 0 Å². The van der Waals surface area contributed by atoms with E-state index in [2.05, 4.69) is 30.0 Å². The SMILES string of the molecule is Cc1nn(C)cc1CN1CCCC(C)C1CN. The highest BCUT2D eigenvalue weighted by molar-refractivity contribution is 5.15. The average molecular weight is 236 g/mol. The molecule has 0 spiro atoms. The number of piperidine rings is 1. The van der Waals surface area contributed by atoms with Crippen LogP contribution in [-0.2, 0) is 13.6 Å². The molecule has 2 heterocycles. The van der Waals surface area contributed by atoms with Crippen molar-refractivity contribution in [1.29, 1.82) is 0 Å². The predicted molar refractivity (Wildman–Crippen MR) is 69.6 cm³/mol. The van der Waals surface area contributed by atoms with Crippen LogP contribution in [0.1, 0.15) is 31.0 Å². The minimum absolute atomic E-state index is 0.531. The van der Waals surface area contributed by atoms with Crippen LogP contribution in [-0.4, -0.2) is 33.8 Å². The van der Waals surface area contributed by atoms with Crippen LogP contribution in [0.25, 0.3) is 0 Å². The molecule has 1 saturated heterocycles. The van der Waals surface area contributed by atoms with Gasteiger partial charge in [-0.2, -0.15) is 5.10 Å². The van der Waals surface area contributed by atoms with Gasteiger partial charge in [0.15, 0.2) is 0 Å². The zero-order valence-corrected chi connectivity index (χ0v) is 11.2. The molecule has 1 aromatic rings. The Balaban J connectivity index is 2.08. The molecule has 96 valence electrons. The molecular formula is C13H24N4. The molecule has 0 aromatic carbocycles. The first-order valence-electron chi connectivity index (χ1n) is 6.55. The normalized spacial score (nSPS) is 26.4. The number of rotatable bonds is 3. The Hall–Kier alpha value is -0.870. The molecule has 0 amide bonds. The van der Waals surface area contributed by atoms with E-state index in [4.69, 9.17) is 5.73 Å². The van der Waals surface area contributed by atoms with Crippen LogP contribution in [0.5, 0.6) is 0 Å². The lowest BCUT2D eigenvalue weighted by Crippen LogP contribution is -2.48. The second-order valence-corrected chi connectivity index (χ2v) is 5.31.